The van der Waals surface area contributed by atoms with Crippen molar-refractivity contribution >= 4 is 17.3 Å². The molecule has 4 heteroatoms. The number of ketones is 3. The van der Waals surface area contributed by atoms with Crippen LogP contribution in [0.3, 0.4) is 0 Å². The molecule has 1 aromatic carbocycles. The maximum Gasteiger partial charge on any atom is 0.149 e. The highest BCUT2D eigenvalue weighted by molar-refractivity contribution is 6.14. The van der Waals surface area contributed by atoms with Crippen molar-refractivity contribution in [1.82, 2.24) is 0 Å². The van der Waals surface area contributed by atoms with E-state index in [1.165, 1.54) is 0 Å². The molecule has 1 saturated carbocycles. The largest absolute Gasteiger partial charge is 0.497 e. The Labute approximate surface area is 149 Å². The zero-order chi connectivity index (χ0) is 18.6. The van der Waals surface area contributed by atoms with E-state index in [-0.39, 0.29) is 29.2 Å². The molecule has 2 atom stereocenters. The fourth-order valence-electron chi connectivity index (χ4n) is 3.66. The van der Waals surface area contributed by atoms with Crippen molar-refractivity contribution in [3.63, 3.8) is 0 Å². The van der Waals surface area contributed by atoms with Gasteiger partial charge in [-0.1, -0.05) is 26.0 Å². The van der Waals surface area contributed by atoms with Crippen LogP contribution in [0.15, 0.2) is 24.3 Å². The molecule has 4 nitrogen and oxygen atoms in total. The number of carbonyl (C=O) groups excluding carboxylic acids is 3. The average molecular weight is 344 g/mol. The first-order valence-electron chi connectivity index (χ1n) is 9.03. The SMILES string of the molecule is COc1cccc(CCCC(=O)CCC2(C)C(=O)[C@H](C)[C@@H](C)C2=O)c1. The smallest absolute Gasteiger partial charge is 0.149 e. The van der Waals surface area contributed by atoms with E-state index in [0.717, 1.165) is 24.2 Å². The summed E-state index contributed by atoms with van der Waals surface area (Å²) in [6, 6.07) is 7.83. The minimum Gasteiger partial charge on any atom is -0.497 e. The molecule has 136 valence electrons. The van der Waals surface area contributed by atoms with Gasteiger partial charge < -0.3 is 4.74 Å². The van der Waals surface area contributed by atoms with Crippen molar-refractivity contribution in [2.75, 3.05) is 7.11 Å². The Bertz CT molecular complexity index is 642. The Kier molecular flexibility index (Phi) is 6.15. The van der Waals surface area contributed by atoms with Gasteiger partial charge in [-0.2, -0.15) is 0 Å². The molecule has 0 radical (unpaired) electrons. The molecule has 0 N–H and O–H groups in total. The first kappa shape index (κ1) is 19.4. The Morgan fingerprint density at radius 1 is 1.12 bits per heavy atom. The van der Waals surface area contributed by atoms with Crippen molar-refractivity contribution in [2.45, 2.75) is 52.9 Å². The van der Waals surface area contributed by atoms with Gasteiger partial charge in [0, 0.05) is 24.7 Å². The lowest BCUT2D eigenvalue weighted by Gasteiger charge is -2.20. The van der Waals surface area contributed by atoms with Crippen LogP contribution < -0.4 is 4.74 Å². The van der Waals surface area contributed by atoms with E-state index in [4.69, 9.17) is 4.74 Å². The molecule has 0 aromatic heterocycles. The van der Waals surface area contributed by atoms with Crippen molar-refractivity contribution in [1.29, 1.82) is 0 Å². The molecule has 0 saturated heterocycles. The number of rotatable bonds is 8. The molecule has 1 fully saturated rings. The minimum absolute atomic E-state index is 0.00539. The van der Waals surface area contributed by atoms with Gasteiger partial charge in [0.05, 0.1) is 12.5 Å². The van der Waals surface area contributed by atoms with Gasteiger partial charge in [0.1, 0.15) is 23.1 Å². The van der Waals surface area contributed by atoms with Crippen LogP contribution in [0.4, 0.5) is 0 Å². The lowest BCUT2D eigenvalue weighted by molar-refractivity contribution is -0.135. The second kappa shape index (κ2) is 7.94. The highest BCUT2D eigenvalue weighted by Crippen LogP contribution is 2.42. The fourth-order valence-corrected chi connectivity index (χ4v) is 3.66. The topological polar surface area (TPSA) is 60.4 Å². The maximum absolute atomic E-state index is 12.4. The van der Waals surface area contributed by atoms with Gasteiger partial charge in [-0.3, -0.25) is 14.4 Å². The number of Topliss-reactive ketones (excluding diaryl/α,β-unsaturated/α-hetero) is 3. The summed E-state index contributed by atoms with van der Waals surface area (Å²) >= 11 is 0. The van der Waals surface area contributed by atoms with E-state index in [9.17, 15) is 14.4 Å². The summed E-state index contributed by atoms with van der Waals surface area (Å²) in [5, 5.41) is 0. The van der Waals surface area contributed by atoms with Crippen LogP contribution in [0.1, 0.15) is 52.0 Å². The molecule has 0 unspecified atom stereocenters. The third-order valence-corrected chi connectivity index (χ3v) is 5.62. The molecule has 0 bridgehead atoms. The molecule has 1 aliphatic rings. The third kappa shape index (κ3) is 4.17. The Hall–Kier alpha value is -1.97. The molecule has 1 aromatic rings. The molecule has 0 aliphatic heterocycles. The summed E-state index contributed by atoms with van der Waals surface area (Å²) < 4.78 is 5.20. The summed E-state index contributed by atoms with van der Waals surface area (Å²) in [4.78, 5) is 36.9. The lowest BCUT2D eigenvalue weighted by atomic mass is 9.80. The number of methoxy groups -OCH3 is 1. The van der Waals surface area contributed by atoms with Gasteiger partial charge in [-0.05, 0) is 43.9 Å². The van der Waals surface area contributed by atoms with Gasteiger partial charge in [-0.25, -0.2) is 0 Å². The van der Waals surface area contributed by atoms with E-state index < -0.39 is 5.41 Å². The number of ether oxygens (including phenoxy) is 1. The van der Waals surface area contributed by atoms with Crippen LogP contribution in [-0.2, 0) is 20.8 Å². The summed E-state index contributed by atoms with van der Waals surface area (Å²) in [5.74, 6) is 0.458. The second-order valence-electron chi connectivity index (χ2n) is 7.38. The second-order valence-corrected chi connectivity index (χ2v) is 7.38. The van der Waals surface area contributed by atoms with Crippen molar-refractivity contribution < 1.29 is 19.1 Å². The zero-order valence-corrected chi connectivity index (χ0v) is 15.6. The van der Waals surface area contributed by atoms with Crippen LogP contribution in [0.5, 0.6) is 5.75 Å². The molecule has 0 amide bonds. The van der Waals surface area contributed by atoms with E-state index in [1.807, 2.05) is 38.1 Å². The summed E-state index contributed by atoms with van der Waals surface area (Å²) in [7, 11) is 1.64. The maximum atomic E-state index is 12.4. The molecular weight excluding hydrogens is 316 g/mol. The van der Waals surface area contributed by atoms with E-state index in [1.54, 1.807) is 14.0 Å². The monoisotopic (exact) mass is 344 g/mol. The van der Waals surface area contributed by atoms with Crippen LogP contribution in [0.2, 0.25) is 0 Å². The normalized spacial score (nSPS) is 22.2. The van der Waals surface area contributed by atoms with E-state index >= 15 is 0 Å². The summed E-state index contributed by atoms with van der Waals surface area (Å²) in [6.07, 6.45) is 2.69. The van der Waals surface area contributed by atoms with Crippen LogP contribution in [0.25, 0.3) is 0 Å². The molecule has 0 heterocycles. The third-order valence-electron chi connectivity index (χ3n) is 5.62. The number of hydrogen-bond donors (Lipinski definition) is 0. The summed E-state index contributed by atoms with van der Waals surface area (Å²) in [6.45, 7) is 5.33. The van der Waals surface area contributed by atoms with Gasteiger partial charge in [0.25, 0.3) is 0 Å². The highest BCUT2D eigenvalue weighted by atomic mass is 16.5. The van der Waals surface area contributed by atoms with Crippen LogP contribution in [0, 0.1) is 17.3 Å². The van der Waals surface area contributed by atoms with Gasteiger partial charge >= 0.3 is 0 Å². The molecular formula is C21H28O4. The Morgan fingerprint density at radius 3 is 2.36 bits per heavy atom. The molecule has 0 spiro atoms. The molecule has 1 aliphatic carbocycles. The van der Waals surface area contributed by atoms with Gasteiger partial charge in [0.15, 0.2) is 0 Å². The Balaban J connectivity index is 1.81. The number of benzene rings is 1. The zero-order valence-electron chi connectivity index (χ0n) is 15.6. The van der Waals surface area contributed by atoms with Crippen LogP contribution in [-0.4, -0.2) is 24.5 Å². The van der Waals surface area contributed by atoms with Crippen molar-refractivity contribution in [2.24, 2.45) is 17.3 Å². The quantitative estimate of drug-likeness (QED) is 0.673. The van der Waals surface area contributed by atoms with Gasteiger partial charge in [0.2, 0.25) is 0 Å². The molecule has 2 rings (SSSR count). The fraction of sp³-hybridized carbons (Fsp3) is 0.571. The minimum atomic E-state index is -0.971. The molecule has 25 heavy (non-hydrogen) atoms. The van der Waals surface area contributed by atoms with Crippen molar-refractivity contribution in [3.8, 4) is 5.75 Å². The highest BCUT2D eigenvalue weighted by Gasteiger charge is 2.53. The van der Waals surface area contributed by atoms with E-state index in [0.29, 0.717) is 19.3 Å². The van der Waals surface area contributed by atoms with Crippen LogP contribution >= 0.6 is 0 Å². The predicted molar refractivity (Wildman–Crippen MR) is 96.6 cm³/mol. The predicted octanol–water partition coefficient (Wildman–Crippen LogP) is 3.80. The van der Waals surface area contributed by atoms with Crippen molar-refractivity contribution in [3.05, 3.63) is 29.8 Å². The Morgan fingerprint density at radius 2 is 1.76 bits per heavy atom. The number of carbonyl (C=O) groups is 3. The number of hydrogen-bond acceptors (Lipinski definition) is 4. The first-order valence-corrected chi connectivity index (χ1v) is 9.03. The lowest BCUT2D eigenvalue weighted by Crippen LogP contribution is -2.31. The number of aryl methyl sites for hydroxylation is 1. The standard InChI is InChI=1S/C21H28O4/c1-14-15(2)20(24)21(3,19(14)23)12-11-17(22)9-5-7-16-8-6-10-18(13-16)25-4/h6,8,10,13-15H,5,7,9,11-12H2,1-4H3/t14-,15-/m1/s1. The average Bonchev–Trinajstić information content (AvgIpc) is 2.76. The first-order chi connectivity index (χ1) is 11.8. The van der Waals surface area contributed by atoms with E-state index in [2.05, 4.69) is 0 Å². The van der Waals surface area contributed by atoms with Gasteiger partial charge in [-0.15, -0.1) is 0 Å². The summed E-state index contributed by atoms with van der Waals surface area (Å²) in [5.41, 5.74) is 0.171.